The van der Waals surface area contributed by atoms with Gasteiger partial charge in [0.2, 0.25) is 0 Å². The molecule has 2 heteroatoms. The lowest BCUT2D eigenvalue weighted by Gasteiger charge is -2.23. The molecular formula is C22H32O2. The summed E-state index contributed by atoms with van der Waals surface area (Å²) in [5.74, 6) is 6.10. The van der Waals surface area contributed by atoms with Gasteiger partial charge < -0.3 is 10.2 Å². The highest BCUT2D eigenvalue weighted by Gasteiger charge is 2.21. The Kier molecular flexibility index (Phi) is 9.08. The molecule has 0 heterocycles. The number of benzene rings is 1. The van der Waals surface area contributed by atoms with E-state index in [0.717, 1.165) is 30.4 Å². The third-order valence-corrected chi connectivity index (χ3v) is 4.47. The van der Waals surface area contributed by atoms with Gasteiger partial charge in [-0.25, -0.2) is 0 Å². The van der Waals surface area contributed by atoms with Gasteiger partial charge in [-0.1, -0.05) is 31.4 Å². The van der Waals surface area contributed by atoms with Crippen LogP contribution in [0.3, 0.4) is 0 Å². The molecule has 24 heavy (non-hydrogen) atoms. The molecule has 1 atom stereocenters. The Labute approximate surface area is 147 Å². The molecule has 0 fully saturated rings. The Morgan fingerprint density at radius 3 is 2.42 bits per heavy atom. The van der Waals surface area contributed by atoms with Crippen LogP contribution in [0.15, 0.2) is 23.8 Å². The zero-order valence-electron chi connectivity index (χ0n) is 15.7. The van der Waals surface area contributed by atoms with Gasteiger partial charge in [0, 0.05) is 17.5 Å². The third-order valence-electron chi connectivity index (χ3n) is 4.47. The quantitative estimate of drug-likeness (QED) is 0.391. The van der Waals surface area contributed by atoms with Gasteiger partial charge >= 0.3 is 0 Å². The second kappa shape index (κ2) is 10.8. The molecule has 1 aliphatic rings. The van der Waals surface area contributed by atoms with Gasteiger partial charge in [-0.3, -0.25) is 0 Å². The third kappa shape index (κ3) is 6.32. The molecule has 2 rings (SSSR count). The maximum Gasteiger partial charge on any atom is 0.123 e. The maximum atomic E-state index is 10.3. The van der Waals surface area contributed by atoms with E-state index in [4.69, 9.17) is 0 Å². The molecule has 0 saturated heterocycles. The predicted octanol–water partition coefficient (Wildman–Crippen LogP) is 6.07. The van der Waals surface area contributed by atoms with Crippen molar-refractivity contribution in [3.05, 3.63) is 34.9 Å². The topological polar surface area (TPSA) is 40.5 Å². The SMILES string of the molecule is CC#CC.CCCCCc1cc(O)cc(O)c1C1C=C(C)CCC1. The first-order valence-corrected chi connectivity index (χ1v) is 9.09. The van der Waals surface area contributed by atoms with Crippen LogP contribution in [0.4, 0.5) is 0 Å². The maximum absolute atomic E-state index is 10.3. The van der Waals surface area contributed by atoms with E-state index in [1.165, 1.54) is 37.3 Å². The number of phenolic OH excluding ortho intramolecular Hbond substituents is 2. The monoisotopic (exact) mass is 328 g/mol. The Hall–Kier alpha value is -1.88. The number of unbranched alkanes of at least 4 members (excludes halogenated alkanes) is 2. The average Bonchev–Trinajstić information content (AvgIpc) is 2.55. The first-order valence-electron chi connectivity index (χ1n) is 9.09. The van der Waals surface area contributed by atoms with Crippen LogP contribution in [0.5, 0.6) is 11.5 Å². The van der Waals surface area contributed by atoms with Crippen molar-refractivity contribution >= 4 is 0 Å². The van der Waals surface area contributed by atoms with Crippen LogP contribution in [-0.4, -0.2) is 10.2 Å². The van der Waals surface area contributed by atoms with Crippen molar-refractivity contribution in [3.8, 4) is 23.3 Å². The predicted molar refractivity (Wildman–Crippen MR) is 102 cm³/mol. The number of aromatic hydroxyl groups is 2. The molecule has 2 nitrogen and oxygen atoms in total. The minimum Gasteiger partial charge on any atom is -0.508 e. The number of allylic oxidation sites excluding steroid dienone is 2. The molecule has 0 radical (unpaired) electrons. The number of rotatable bonds is 5. The van der Waals surface area contributed by atoms with Gasteiger partial charge in [-0.05, 0) is 64.5 Å². The van der Waals surface area contributed by atoms with Crippen molar-refractivity contribution in [2.24, 2.45) is 0 Å². The van der Waals surface area contributed by atoms with Crippen LogP contribution in [0.1, 0.15) is 83.3 Å². The lowest BCUT2D eigenvalue weighted by molar-refractivity contribution is 0.439. The van der Waals surface area contributed by atoms with Crippen LogP contribution in [0.2, 0.25) is 0 Å². The van der Waals surface area contributed by atoms with Crippen molar-refractivity contribution in [3.63, 3.8) is 0 Å². The van der Waals surface area contributed by atoms with E-state index in [2.05, 4.69) is 31.8 Å². The molecule has 0 amide bonds. The Balaban J connectivity index is 0.000000648. The first-order chi connectivity index (χ1) is 11.5. The summed E-state index contributed by atoms with van der Waals surface area (Å²) >= 11 is 0. The van der Waals surface area contributed by atoms with Gasteiger partial charge in [-0.15, -0.1) is 11.8 Å². The fraction of sp³-hybridized carbons (Fsp3) is 0.545. The summed E-state index contributed by atoms with van der Waals surface area (Å²) in [5, 5.41) is 20.0. The average molecular weight is 328 g/mol. The highest BCUT2D eigenvalue weighted by atomic mass is 16.3. The van der Waals surface area contributed by atoms with E-state index in [1.54, 1.807) is 0 Å². The second-order valence-corrected chi connectivity index (χ2v) is 6.51. The summed E-state index contributed by atoms with van der Waals surface area (Å²) in [6.45, 7) is 7.99. The summed E-state index contributed by atoms with van der Waals surface area (Å²) in [6, 6.07) is 3.32. The van der Waals surface area contributed by atoms with Crippen molar-refractivity contribution < 1.29 is 10.2 Å². The summed E-state index contributed by atoms with van der Waals surface area (Å²) in [7, 11) is 0. The zero-order valence-corrected chi connectivity index (χ0v) is 15.7. The van der Waals surface area contributed by atoms with Crippen molar-refractivity contribution in [1.29, 1.82) is 0 Å². The Morgan fingerprint density at radius 1 is 1.12 bits per heavy atom. The lowest BCUT2D eigenvalue weighted by Crippen LogP contribution is -2.06. The summed E-state index contributed by atoms with van der Waals surface area (Å²) in [5.41, 5.74) is 3.57. The zero-order chi connectivity index (χ0) is 17.9. The van der Waals surface area contributed by atoms with E-state index >= 15 is 0 Å². The molecule has 1 aromatic carbocycles. The highest BCUT2D eigenvalue weighted by molar-refractivity contribution is 5.49. The standard InChI is InChI=1S/C18H26O2.C4H6/c1-3-4-5-8-15-11-16(19)12-17(20)18(15)14-9-6-7-13(2)10-14;1-3-4-2/h10-12,14,19-20H,3-9H2,1-2H3;1-2H3. The van der Waals surface area contributed by atoms with E-state index in [1.807, 2.05) is 19.9 Å². The van der Waals surface area contributed by atoms with Gasteiger partial charge in [0.05, 0.1) is 0 Å². The first kappa shape index (κ1) is 20.2. The molecule has 1 aliphatic carbocycles. The molecule has 0 aromatic heterocycles. The Bertz CT molecular complexity index is 596. The van der Waals surface area contributed by atoms with E-state index in [-0.39, 0.29) is 11.5 Å². The number of hydrogen-bond donors (Lipinski definition) is 2. The summed E-state index contributed by atoms with van der Waals surface area (Å²) in [4.78, 5) is 0. The fourth-order valence-corrected chi connectivity index (χ4v) is 3.22. The molecule has 2 N–H and O–H groups in total. The number of aryl methyl sites for hydroxylation is 1. The number of phenols is 2. The van der Waals surface area contributed by atoms with Crippen LogP contribution in [-0.2, 0) is 6.42 Å². The normalized spacial score (nSPS) is 16.3. The van der Waals surface area contributed by atoms with Gasteiger partial charge in [0.25, 0.3) is 0 Å². The van der Waals surface area contributed by atoms with E-state index in [0.29, 0.717) is 5.92 Å². The van der Waals surface area contributed by atoms with Crippen molar-refractivity contribution in [2.75, 3.05) is 0 Å². The summed E-state index contributed by atoms with van der Waals surface area (Å²) < 4.78 is 0. The molecule has 0 spiro atoms. The minimum atomic E-state index is 0.175. The summed E-state index contributed by atoms with van der Waals surface area (Å²) in [6.07, 6.45) is 10.2. The molecular weight excluding hydrogens is 296 g/mol. The molecule has 0 aliphatic heterocycles. The molecule has 132 valence electrons. The van der Waals surface area contributed by atoms with E-state index in [9.17, 15) is 10.2 Å². The second-order valence-electron chi connectivity index (χ2n) is 6.51. The fourth-order valence-electron chi connectivity index (χ4n) is 3.22. The van der Waals surface area contributed by atoms with Gasteiger partial charge in [0.15, 0.2) is 0 Å². The van der Waals surface area contributed by atoms with Crippen molar-refractivity contribution in [2.45, 2.75) is 78.6 Å². The number of hydrogen-bond acceptors (Lipinski definition) is 2. The van der Waals surface area contributed by atoms with Crippen molar-refractivity contribution in [1.82, 2.24) is 0 Å². The van der Waals surface area contributed by atoms with Gasteiger partial charge in [0.1, 0.15) is 11.5 Å². The highest BCUT2D eigenvalue weighted by Crippen LogP contribution is 2.40. The molecule has 1 aromatic rings. The van der Waals surface area contributed by atoms with Crippen LogP contribution < -0.4 is 0 Å². The Morgan fingerprint density at radius 2 is 1.83 bits per heavy atom. The van der Waals surface area contributed by atoms with Gasteiger partial charge in [-0.2, -0.15) is 0 Å². The lowest BCUT2D eigenvalue weighted by atomic mass is 9.82. The largest absolute Gasteiger partial charge is 0.508 e. The minimum absolute atomic E-state index is 0.175. The smallest absolute Gasteiger partial charge is 0.123 e. The molecule has 0 saturated carbocycles. The van der Waals surface area contributed by atoms with Crippen LogP contribution in [0, 0.1) is 11.8 Å². The molecule has 1 unspecified atom stereocenters. The van der Waals surface area contributed by atoms with Crippen LogP contribution in [0.25, 0.3) is 0 Å². The van der Waals surface area contributed by atoms with Crippen LogP contribution >= 0.6 is 0 Å². The van der Waals surface area contributed by atoms with E-state index < -0.39 is 0 Å². The molecule has 0 bridgehead atoms.